The third-order valence-corrected chi connectivity index (χ3v) is 5.37. The molecule has 0 fully saturated rings. The summed E-state index contributed by atoms with van der Waals surface area (Å²) in [5.41, 5.74) is 2.46. The molecule has 0 aliphatic heterocycles. The van der Waals surface area contributed by atoms with Crippen LogP contribution in [0.3, 0.4) is 0 Å². The maximum Gasteiger partial charge on any atom is 0.411 e. The van der Waals surface area contributed by atoms with Crippen LogP contribution in [0.2, 0.25) is 0 Å². The molecule has 24 heavy (non-hydrogen) atoms. The molecule has 0 aliphatic carbocycles. The van der Waals surface area contributed by atoms with Crippen LogP contribution >= 0.6 is 23.1 Å². The van der Waals surface area contributed by atoms with Gasteiger partial charge in [-0.3, -0.25) is 5.32 Å². The quantitative estimate of drug-likeness (QED) is 0.626. The van der Waals surface area contributed by atoms with Crippen LogP contribution in [-0.2, 0) is 10.5 Å². The van der Waals surface area contributed by atoms with E-state index in [2.05, 4.69) is 10.3 Å². The van der Waals surface area contributed by atoms with E-state index >= 15 is 0 Å². The fourth-order valence-corrected chi connectivity index (χ4v) is 4.15. The van der Waals surface area contributed by atoms with Gasteiger partial charge in [-0.2, -0.15) is 0 Å². The Bertz CT molecular complexity index is 867. The molecule has 1 aromatic heterocycles. The monoisotopic (exact) mass is 362 g/mol. The van der Waals surface area contributed by atoms with E-state index in [1.54, 1.807) is 42.2 Å². The molecule has 0 atom stereocenters. The predicted molar refractivity (Wildman–Crippen MR) is 96.2 cm³/mol. The summed E-state index contributed by atoms with van der Waals surface area (Å²) in [5, 5.41) is 2.68. The minimum absolute atomic E-state index is 0.230. The molecule has 124 valence electrons. The van der Waals surface area contributed by atoms with Crippen molar-refractivity contribution in [2.24, 2.45) is 0 Å². The van der Waals surface area contributed by atoms with E-state index in [0.29, 0.717) is 18.0 Å². The van der Waals surface area contributed by atoms with Gasteiger partial charge in [-0.15, -0.1) is 11.3 Å². The average molecular weight is 362 g/mol. The number of nitrogens with zero attached hydrogens (tertiary/aromatic N) is 1. The molecule has 2 aromatic carbocycles. The van der Waals surface area contributed by atoms with Gasteiger partial charge >= 0.3 is 6.09 Å². The van der Waals surface area contributed by atoms with Crippen LogP contribution < -0.4 is 5.32 Å². The third-order valence-electron chi connectivity index (χ3n) is 3.14. The first-order chi connectivity index (χ1) is 11.6. The lowest BCUT2D eigenvalue weighted by Gasteiger charge is -2.04. The van der Waals surface area contributed by atoms with E-state index in [1.807, 2.05) is 18.2 Å². The van der Waals surface area contributed by atoms with Crippen molar-refractivity contribution in [2.75, 3.05) is 11.9 Å². The summed E-state index contributed by atoms with van der Waals surface area (Å²) in [7, 11) is 0. The van der Waals surface area contributed by atoms with Gasteiger partial charge in [0.2, 0.25) is 0 Å². The number of thiazole rings is 1. The number of nitrogens with one attached hydrogen (secondary N) is 1. The average Bonchev–Trinajstić information content (AvgIpc) is 2.95. The van der Waals surface area contributed by atoms with Crippen LogP contribution in [0.25, 0.3) is 10.2 Å². The van der Waals surface area contributed by atoms with Crippen molar-refractivity contribution >= 4 is 45.1 Å². The topological polar surface area (TPSA) is 51.2 Å². The van der Waals surface area contributed by atoms with Gasteiger partial charge in [0.05, 0.1) is 16.8 Å². The summed E-state index contributed by atoms with van der Waals surface area (Å²) < 4.78 is 19.9. The highest BCUT2D eigenvalue weighted by atomic mass is 32.2. The Hall–Kier alpha value is -2.12. The van der Waals surface area contributed by atoms with Crippen LogP contribution in [0, 0.1) is 5.82 Å². The number of halogens is 1. The first-order valence-electron chi connectivity index (χ1n) is 7.35. The number of hydrogen-bond acceptors (Lipinski definition) is 5. The summed E-state index contributed by atoms with van der Waals surface area (Å²) >= 11 is 3.11. The number of carbonyl (C=O) groups is 1. The summed E-state index contributed by atoms with van der Waals surface area (Å²) in [6.07, 6.45) is -0.470. The largest absolute Gasteiger partial charge is 0.450 e. The van der Waals surface area contributed by atoms with Gasteiger partial charge in [0, 0.05) is 11.4 Å². The van der Waals surface area contributed by atoms with Crippen molar-refractivity contribution < 1.29 is 13.9 Å². The first kappa shape index (κ1) is 16.7. The lowest BCUT2D eigenvalue weighted by molar-refractivity contribution is 0.168. The molecule has 0 unspecified atom stereocenters. The molecule has 7 heteroatoms. The molecule has 0 saturated carbocycles. The summed E-state index contributed by atoms with van der Waals surface area (Å²) in [5.74, 6) is 0.429. The van der Waals surface area contributed by atoms with E-state index in [4.69, 9.17) is 4.74 Å². The first-order valence-corrected chi connectivity index (χ1v) is 9.16. The zero-order valence-corrected chi connectivity index (χ0v) is 14.5. The maximum absolute atomic E-state index is 13.2. The number of hydrogen-bond donors (Lipinski definition) is 1. The van der Waals surface area contributed by atoms with E-state index in [0.717, 1.165) is 20.1 Å². The molecule has 1 amide bonds. The molecule has 4 nitrogen and oxygen atoms in total. The van der Waals surface area contributed by atoms with Crippen molar-refractivity contribution in [3.05, 3.63) is 53.8 Å². The second-order valence-corrected chi connectivity index (χ2v) is 7.18. The number of fused-ring (bicyclic) bond motifs is 1. The Morgan fingerprint density at radius 1 is 1.33 bits per heavy atom. The Morgan fingerprint density at radius 3 is 3.00 bits per heavy atom. The molecule has 0 bridgehead atoms. The predicted octanol–water partition coefficient (Wildman–Crippen LogP) is 5.30. The molecule has 0 spiro atoms. The molecule has 0 saturated heterocycles. The van der Waals surface area contributed by atoms with Gasteiger partial charge in [-0.05, 0) is 42.8 Å². The zero-order chi connectivity index (χ0) is 16.9. The van der Waals surface area contributed by atoms with Crippen LogP contribution in [0.1, 0.15) is 12.5 Å². The Balaban J connectivity index is 1.70. The Morgan fingerprint density at radius 2 is 2.21 bits per heavy atom. The number of ether oxygens (including phenoxy) is 1. The van der Waals surface area contributed by atoms with Gasteiger partial charge < -0.3 is 4.74 Å². The van der Waals surface area contributed by atoms with E-state index in [9.17, 15) is 9.18 Å². The second kappa shape index (κ2) is 7.63. The number of aromatic nitrogens is 1. The van der Waals surface area contributed by atoms with Crippen molar-refractivity contribution in [3.63, 3.8) is 0 Å². The molecule has 1 N–H and O–H groups in total. The van der Waals surface area contributed by atoms with E-state index < -0.39 is 6.09 Å². The SMILES string of the molecule is CCOC(=O)Nc1ccc2nc(SCc3cccc(F)c3)sc2c1. The fourth-order valence-electron chi connectivity index (χ4n) is 2.10. The Kier molecular flexibility index (Phi) is 5.32. The molecule has 3 rings (SSSR count). The lowest BCUT2D eigenvalue weighted by atomic mass is 10.2. The number of carbonyl (C=O) groups excluding carboxylic acids is 1. The maximum atomic E-state index is 13.2. The van der Waals surface area contributed by atoms with Gasteiger partial charge in [0.15, 0.2) is 4.34 Å². The smallest absolute Gasteiger partial charge is 0.411 e. The summed E-state index contributed by atoms with van der Waals surface area (Å²) in [4.78, 5) is 16.0. The molecular formula is C17H15FN2O2S2. The zero-order valence-electron chi connectivity index (χ0n) is 12.9. The van der Waals surface area contributed by atoms with Crippen LogP contribution in [-0.4, -0.2) is 17.7 Å². The highest BCUT2D eigenvalue weighted by Gasteiger charge is 2.08. The molecule has 1 heterocycles. The standard InChI is InChI=1S/C17H15FN2O2S2/c1-2-22-16(21)19-13-6-7-14-15(9-13)24-17(20-14)23-10-11-4-3-5-12(18)8-11/h3-9H,2,10H2,1H3,(H,19,21). The van der Waals surface area contributed by atoms with Crippen molar-refractivity contribution in [2.45, 2.75) is 17.0 Å². The Labute approximate surface area is 147 Å². The van der Waals surface area contributed by atoms with E-state index in [-0.39, 0.29) is 5.82 Å². The molecular weight excluding hydrogens is 347 g/mol. The number of benzene rings is 2. The van der Waals surface area contributed by atoms with Crippen LogP contribution in [0.5, 0.6) is 0 Å². The minimum Gasteiger partial charge on any atom is -0.450 e. The summed E-state index contributed by atoms with van der Waals surface area (Å²) in [6.45, 7) is 2.09. The molecule has 0 radical (unpaired) electrons. The normalized spacial score (nSPS) is 10.8. The second-order valence-electron chi connectivity index (χ2n) is 4.93. The third kappa shape index (κ3) is 4.24. The van der Waals surface area contributed by atoms with Crippen molar-refractivity contribution in [1.29, 1.82) is 0 Å². The van der Waals surface area contributed by atoms with Gasteiger partial charge in [0.1, 0.15) is 5.82 Å². The van der Waals surface area contributed by atoms with E-state index in [1.165, 1.54) is 12.1 Å². The van der Waals surface area contributed by atoms with Gasteiger partial charge in [-0.25, -0.2) is 14.2 Å². The fraction of sp³-hybridized carbons (Fsp3) is 0.176. The number of anilines is 1. The molecule has 0 aliphatic rings. The van der Waals surface area contributed by atoms with Crippen LogP contribution in [0.4, 0.5) is 14.9 Å². The van der Waals surface area contributed by atoms with Crippen molar-refractivity contribution in [3.8, 4) is 0 Å². The highest BCUT2D eigenvalue weighted by Crippen LogP contribution is 2.33. The minimum atomic E-state index is -0.470. The van der Waals surface area contributed by atoms with Gasteiger partial charge in [-0.1, -0.05) is 23.9 Å². The molecule has 3 aromatic rings. The van der Waals surface area contributed by atoms with Gasteiger partial charge in [0.25, 0.3) is 0 Å². The van der Waals surface area contributed by atoms with Crippen LogP contribution in [0.15, 0.2) is 46.8 Å². The number of thioether (sulfide) groups is 1. The summed E-state index contributed by atoms with van der Waals surface area (Å²) in [6, 6.07) is 12.1. The number of amides is 1. The lowest BCUT2D eigenvalue weighted by Crippen LogP contribution is -2.12. The number of rotatable bonds is 5. The highest BCUT2D eigenvalue weighted by molar-refractivity contribution is 8.00. The van der Waals surface area contributed by atoms with Crippen molar-refractivity contribution in [1.82, 2.24) is 4.98 Å².